The van der Waals surface area contributed by atoms with Crippen LogP contribution in [0.2, 0.25) is 5.02 Å². The molecule has 0 saturated carbocycles. The average molecular weight is 466 g/mol. The first kappa shape index (κ1) is 23.4. The van der Waals surface area contributed by atoms with Crippen LogP contribution in [0.3, 0.4) is 0 Å². The van der Waals surface area contributed by atoms with E-state index in [-0.39, 0.29) is 17.7 Å². The van der Waals surface area contributed by atoms with Crippen LogP contribution in [0.1, 0.15) is 40.0 Å². The zero-order valence-electron chi connectivity index (χ0n) is 18.0. The molecular formula is C21H28ClN5O3S. The molecule has 10 heteroatoms. The number of carbonyl (C=O) groups excluding carboxylic acids is 2. The molecule has 0 radical (unpaired) electrons. The third kappa shape index (κ3) is 6.87. The van der Waals surface area contributed by atoms with Crippen LogP contribution in [-0.4, -0.2) is 62.2 Å². The van der Waals surface area contributed by atoms with Crippen molar-refractivity contribution in [1.29, 1.82) is 0 Å². The van der Waals surface area contributed by atoms with E-state index in [0.717, 1.165) is 24.9 Å². The molecule has 0 aliphatic carbocycles. The van der Waals surface area contributed by atoms with Crippen LogP contribution in [0.25, 0.3) is 5.69 Å². The fourth-order valence-corrected chi connectivity index (χ4v) is 4.39. The van der Waals surface area contributed by atoms with Crippen molar-refractivity contribution in [2.75, 3.05) is 18.8 Å². The number of nitrogens with one attached hydrogen (secondary N) is 1. The molecule has 1 N–H and O–H groups in total. The van der Waals surface area contributed by atoms with Gasteiger partial charge in [-0.2, -0.15) is 0 Å². The molecule has 1 atom stereocenters. The maximum absolute atomic E-state index is 13.0. The Morgan fingerprint density at radius 3 is 2.87 bits per heavy atom. The third-order valence-electron chi connectivity index (χ3n) is 4.76. The molecule has 1 aliphatic heterocycles. The van der Waals surface area contributed by atoms with Gasteiger partial charge in [0.2, 0.25) is 5.91 Å². The first-order chi connectivity index (χ1) is 14.7. The molecule has 2 heterocycles. The zero-order valence-corrected chi connectivity index (χ0v) is 19.6. The monoisotopic (exact) mass is 465 g/mol. The fraction of sp³-hybridized carbons (Fsp3) is 0.524. The number of amides is 2. The van der Waals surface area contributed by atoms with Crippen LogP contribution in [0.4, 0.5) is 4.79 Å². The average Bonchev–Trinajstić information content (AvgIpc) is 3.18. The molecule has 1 saturated heterocycles. The van der Waals surface area contributed by atoms with Gasteiger partial charge in [-0.05, 0) is 58.2 Å². The molecule has 2 amide bonds. The smallest absolute Gasteiger partial charge is 0.407 e. The van der Waals surface area contributed by atoms with Crippen molar-refractivity contribution in [2.24, 2.45) is 0 Å². The molecule has 1 aliphatic rings. The van der Waals surface area contributed by atoms with Crippen LogP contribution < -0.4 is 5.32 Å². The predicted octanol–water partition coefficient (Wildman–Crippen LogP) is 3.92. The summed E-state index contributed by atoms with van der Waals surface area (Å²) >= 11 is 7.42. The minimum atomic E-state index is -0.554. The number of piperidine rings is 1. The summed E-state index contributed by atoms with van der Waals surface area (Å²) in [5, 5.41) is 12.2. The zero-order chi connectivity index (χ0) is 22.4. The third-order valence-corrected chi connectivity index (χ3v) is 5.92. The molecule has 1 unspecified atom stereocenters. The molecule has 8 nitrogen and oxygen atoms in total. The van der Waals surface area contributed by atoms with E-state index in [4.69, 9.17) is 16.3 Å². The molecule has 2 aromatic rings. The number of ether oxygens (including phenoxy) is 1. The van der Waals surface area contributed by atoms with Crippen LogP contribution in [0, 0.1) is 0 Å². The molecule has 0 bridgehead atoms. The van der Waals surface area contributed by atoms with Crippen molar-refractivity contribution >= 4 is 35.4 Å². The summed E-state index contributed by atoms with van der Waals surface area (Å²) in [5.74, 6) is 0.253. The van der Waals surface area contributed by atoms with Crippen molar-refractivity contribution in [1.82, 2.24) is 25.0 Å². The number of alkyl carbamates (subject to hydrolysis) is 1. The van der Waals surface area contributed by atoms with Gasteiger partial charge in [0.25, 0.3) is 0 Å². The first-order valence-electron chi connectivity index (χ1n) is 10.3. The summed E-state index contributed by atoms with van der Waals surface area (Å²) < 4.78 is 7.11. The van der Waals surface area contributed by atoms with Gasteiger partial charge in [-0.1, -0.05) is 29.4 Å². The minimum absolute atomic E-state index is 0.0151. The van der Waals surface area contributed by atoms with E-state index in [2.05, 4.69) is 15.5 Å². The maximum Gasteiger partial charge on any atom is 0.407 e. The van der Waals surface area contributed by atoms with Gasteiger partial charge in [-0.15, -0.1) is 10.2 Å². The van der Waals surface area contributed by atoms with Gasteiger partial charge in [0.15, 0.2) is 5.16 Å². The molecule has 1 fully saturated rings. The number of hydrogen-bond donors (Lipinski definition) is 1. The second-order valence-corrected chi connectivity index (χ2v) is 9.75. The van der Waals surface area contributed by atoms with Crippen molar-refractivity contribution in [2.45, 2.75) is 56.8 Å². The summed E-state index contributed by atoms with van der Waals surface area (Å²) in [5.41, 5.74) is 0.284. The van der Waals surface area contributed by atoms with E-state index in [1.54, 1.807) is 12.4 Å². The van der Waals surface area contributed by atoms with Crippen molar-refractivity contribution < 1.29 is 14.3 Å². The lowest BCUT2D eigenvalue weighted by Crippen LogP contribution is -2.50. The van der Waals surface area contributed by atoms with Gasteiger partial charge >= 0.3 is 6.09 Å². The lowest BCUT2D eigenvalue weighted by molar-refractivity contribution is -0.131. The van der Waals surface area contributed by atoms with Gasteiger partial charge in [0.05, 0.1) is 11.4 Å². The van der Waals surface area contributed by atoms with Gasteiger partial charge in [0.1, 0.15) is 11.9 Å². The lowest BCUT2D eigenvalue weighted by atomic mass is 10.0. The largest absolute Gasteiger partial charge is 0.444 e. The molecule has 3 rings (SSSR count). The SMILES string of the molecule is CC(C)(C)OC(=O)NCC1CCCCN1C(=O)CSc1nncn1-c1cccc(Cl)c1. The van der Waals surface area contributed by atoms with E-state index in [0.29, 0.717) is 23.3 Å². The van der Waals surface area contributed by atoms with E-state index in [9.17, 15) is 9.59 Å². The topological polar surface area (TPSA) is 89.3 Å². The van der Waals surface area contributed by atoms with Crippen LogP contribution in [0.15, 0.2) is 35.7 Å². The van der Waals surface area contributed by atoms with E-state index < -0.39 is 11.7 Å². The Kier molecular flexibility index (Phi) is 7.83. The van der Waals surface area contributed by atoms with E-state index in [1.165, 1.54) is 11.8 Å². The summed E-state index contributed by atoms with van der Waals surface area (Å²) in [7, 11) is 0. The van der Waals surface area contributed by atoms with Crippen LogP contribution >= 0.6 is 23.4 Å². The Labute approximate surface area is 191 Å². The normalized spacial score (nSPS) is 16.8. The number of carbonyl (C=O) groups is 2. The van der Waals surface area contributed by atoms with Crippen LogP contribution in [0.5, 0.6) is 0 Å². The number of nitrogens with zero attached hydrogens (tertiary/aromatic N) is 4. The fourth-order valence-electron chi connectivity index (χ4n) is 3.39. The lowest BCUT2D eigenvalue weighted by Gasteiger charge is -2.36. The van der Waals surface area contributed by atoms with Crippen molar-refractivity contribution in [3.05, 3.63) is 35.6 Å². The molecule has 168 valence electrons. The molecule has 31 heavy (non-hydrogen) atoms. The molecule has 1 aromatic heterocycles. The number of hydrogen-bond acceptors (Lipinski definition) is 6. The van der Waals surface area contributed by atoms with Gasteiger partial charge in [-0.25, -0.2) is 4.79 Å². The highest BCUT2D eigenvalue weighted by Gasteiger charge is 2.28. The second kappa shape index (κ2) is 10.4. The summed E-state index contributed by atoms with van der Waals surface area (Å²) in [6, 6.07) is 7.34. The Bertz CT molecular complexity index is 914. The number of halogens is 1. The van der Waals surface area contributed by atoms with Gasteiger partial charge in [-0.3, -0.25) is 9.36 Å². The number of benzene rings is 1. The van der Waals surface area contributed by atoms with Gasteiger partial charge in [0, 0.05) is 24.2 Å². The molecular weight excluding hydrogens is 438 g/mol. The summed E-state index contributed by atoms with van der Waals surface area (Å²) in [6.45, 7) is 6.53. The minimum Gasteiger partial charge on any atom is -0.444 e. The van der Waals surface area contributed by atoms with Crippen molar-refractivity contribution in [3.63, 3.8) is 0 Å². The second-order valence-electron chi connectivity index (χ2n) is 8.37. The first-order valence-corrected chi connectivity index (χ1v) is 11.6. The summed E-state index contributed by atoms with van der Waals surface area (Å²) in [4.78, 5) is 26.8. The number of likely N-dealkylation sites (tertiary alicyclic amines) is 1. The Balaban J connectivity index is 1.58. The standard InChI is InChI=1S/C21H28ClN5O3S/c1-21(2,3)30-20(29)23-12-17-8-4-5-10-26(17)18(28)13-31-19-25-24-14-27(19)16-9-6-7-15(22)11-16/h6-7,9,11,14,17H,4-5,8,10,12-13H2,1-3H3,(H,23,29). The Hall–Kier alpha value is -2.26. The highest BCUT2D eigenvalue weighted by molar-refractivity contribution is 7.99. The van der Waals surface area contributed by atoms with E-state index >= 15 is 0 Å². The van der Waals surface area contributed by atoms with Crippen molar-refractivity contribution in [3.8, 4) is 5.69 Å². The maximum atomic E-state index is 13.0. The predicted molar refractivity (Wildman–Crippen MR) is 121 cm³/mol. The molecule has 0 spiro atoms. The quantitative estimate of drug-likeness (QED) is 0.650. The number of rotatable bonds is 6. The number of thioether (sulfide) groups is 1. The Morgan fingerprint density at radius 1 is 1.32 bits per heavy atom. The highest BCUT2D eigenvalue weighted by Crippen LogP contribution is 2.24. The van der Waals surface area contributed by atoms with Crippen LogP contribution in [-0.2, 0) is 9.53 Å². The van der Waals surface area contributed by atoms with Gasteiger partial charge < -0.3 is 15.0 Å². The Morgan fingerprint density at radius 2 is 2.13 bits per heavy atom. The summed E-state index contributed by atoms with van der Waals surface area (Å²) in [6.07, 6.45) is 3.98. The number of aromatic nitrogens is 3. The van der Waals surface area contributed by atoms with E-state index in [1.807, 2.05) is 48.4 Å². The highest BCUT2D eigenvalue weighted by atomic mass is 35.5. The molecule has 1 aromatic carbocycles.